The van der Waals surface area contributed by atoms with Gasteiger partial charge in [0.15, 0.2) is 0 Å². The van der Waals surface area contributed by atoms with Gasteiger partial charge in [-0.05, 0) is 26.2 Å². The first kappa shape index (κ1) is 10.9. The molecule has 0 N–H and O–H groups in total. The lowest BCUT2D eigenvalue weighted by molar-refractivity contribution is -0.145. The summed E-state index contributed by atoms with van der Waals surface area (Å²) < 4.78 is 10.7. The third-order valence-corrected chi connectivity index (χ3v) is 3.84. The minimum atomic E-state index is -0.0567. The molecule has 2 aliphatic rings. The minimum absolute atomic E-state index is 0.0317. The highest BCUT2D eigenvalue weighted by atomic mass is 16.6. The molecule has 2 fully saturated rings. The average Bonchev–Trinajstić information content (AvgIpc) is 2.86. The zero-order chi connectivity index (χ0) is 11.4. The molecular formula is C12H20O3. The second-order valence-electron chi connectivity index (χ2n) is 5.72. The highest BCUT2D eigenvalue weighted by molar-refractivity contribution is 5.78. The van der Waals surface area contributed by atoms with Gasteiger partial charge in [0.05, 0.1) is 24.2 Å². The molecule has 1 heterocycles. The van der Waals surface area contributed by atoms with Crippen molar-refractivity contribution in [1.29, 1.82) is 0 Å². The van der Waals surface area contributed by atoms with Gasteiger partial charge in [0.2, 0.25) is 0 Å². The smallest absolute Gasteiger partial charge is 0.309 e. The first-order valence-electron chi connectivity index (χ1n) is 5.67. The van der Waals surface area contributed by atoms with E-state index in [-0.39, 0.29) is 29.0 Å². The molecule has 2 rings (SSSR count). The number of carbonyl (C=O) groups is 1. The molecule has 0 amide bonds. The molecule has 3 unspecified atom stereocenters. The zero-order valence-corrected chi connectivity index (χ0v) is 10.2. The van der Waals surface area contributed by atoms with Gasteiger partial charge >= 0.3 is 5.97 Å². The largest absolute Gasteiger partial charge is 0.466 e. The SMILES string of the molecule is CCOC(=O)C1C(C2OC2(C)C)C1(C)C. The molecule has 1 aliphatic heterocycles. The second kappa shape index (κ2) is 2.97. The van der Waals surface area contributed by atoms with E-state index in [4.69, 9.17) is 9.47 Å². The maximum absolute atomic E-state index is 11.7. The molecule has 0 spiro atoms. The maximum Gasteiger partial charge on any atom is 0.309 e. The van der Waals surface area contributed by atoms with Gasteiger partial charge in [-0.3, -0.25) is 4.79 Å². The Hall–Kier alpha value is -0.570. The van der Waals surface area contributed by atoms with Crippen LogP contribution >= 0.6 is 0 Å². The van der Waals surface area contributed by atoms with Crippen molar-refractivity contribution in [1.82, 2.24) is 0 Å². The second-order valence-corrected chi connectivity index (χ2v) is 5.72. The Balaban J connectivity index is 2.01. The van der Waals surface area contributed by atoms with Gasteiger partial charge in [-0.25, -0.2) is 0 Å². The lowest BCUT2D eigenvalue weighted by Crippen LogP contribution is -2.12. The molecule has 1 aliphatic carbocycles. The van der Waals surface area contributed by atoms with Crippen LogP contribution in [0.15, 0.2) is 0 Å². The van der Waals surface area contributed by atoms with Gasteiger partial charge < -0.3 is 9.47 Å². The topological polar surface area (TPSA) is 38.8 Å². The van der Waals surface area contributed by atoms with Crippen LogP contribution in [0.1, 0.15) is 34.6 Å². The maximum atomic E-state index is 11.7. The average molecular weight is 212 g/mol. The highest BCUT2D eigenvalue weighted by Gasteiger charge is 2.73. The predicted molar refractivity (Wildman–Crippen MR) is 56.3 cm³/mol. The number of ether oxygens (including phenoxy) is 2. The van der Waals surface area contributed by atoms with Crippen LogP contribution in [0.3, 0.4) is 0 Å². The van der Waals surface area contributed by atoms with Gasteiger partial charge in [0.25, 0.3) is 0 Å². The van der Waals surface area contributed by atoms with Crippen LogP contribution in [-0.2, 0) is 14.3 Å². The molecule has 0 radical (unpaired) electrons. The molecule has 1 saturated heterocycles. The van der Waals surface area contributed by atoms with E-state index in [0.717, 1.165) is 0 Å². The Bertz CT molecular complexity index is 293. The summed E-state index contributed by atoms with van der Waals surface area (Å²) in [4.78, 5) is 11.7. The Labute approximate surface area is 91.1 Å². The summed E-state index contributed by atoms with van der Waals surface area (Å²) >= 11 is 0. The van der Waals surface area contributed by atoms with Crippen molar-refractivity contribution in [2.75, 3.05) is 6.61 Å². The van der Waals surface area contributed by atoms with Crippen molar-refractivity contribution in [2.24, 2.45) is 17.3 Å². The molecule has 3 atom stereocenters. The highest BCUT2D eigenvalue weighted by Crippen LogP contribution is 2.66. The molecule has 86 valence electrons. The lowest BCUT2D eigenvalue weighted by atomic mass is 10.0. The molecule has 1 saturated carbocycles. The van der Waals surface area contributed by atoms with E-state index in [0.29, 0.717) is 12.5 Å². The van der Waals surface area contributed by atoms with E-state index >= 15 is 0 Å². The molecule has 0 aromatic rings. The molecule has 15 heavy (non-hydrogen) atoms. The van der Waals surface area contributed by atoms with Crippen molar-refractivity contribution in [2.45, 2.75) is 46.3 Å². The Morgan fingerprint density at radius 1 is 1.33 bits per heavy atom. The summed E-state index contributed by atoms with van der Waals surface area (Å²) in [6, 6.07) is 0. The van der Waals surface area contributed by atoms with Crippen molar-refractivity contribution < 1.29 is 14.3 Å². The minimum Gasteiger partial charge on any atom is -0.466 e. The van der Waals surface area contributed by atoms with Crippen LogP contribution in [0.5, 0.6) is 0 Å². The number of epoxide rings is 1. The monoisotopic (exact) mass is 212 g/mol. The Morgan fingerprint density at radius 2 is 1.87 bits per heavy atom. The van der Waals surface area contributed by atoms with Crippen molar-refractivity contribution in [3.8, 4) is 0 Å². The van der Waals surface area contributed by atoms with Gasteiger partial charge in [-0.2, -0.15) is 0 Å². The normalized spacial score (nSPS) is 39.7. The van der Waals surface area contributed by atoms with Crippen LogP contribution in [0.25, 0.3) is 0 Å². The molecule has 0 aromatic heterocycles. The van der Waals surface area contributed by atoms with Gasteiger partial charge in [0, 0.05) is 5.92 Å². The number of hydrogen-bond donors (Lipinski definition) is 0. The summed E-state index contributed by atoms with van der Waals surface area (Å²) in [6.07, 6.45) is 0.238. The first-order valence-corrected chi connectivity index (χ1v) is 5.67. The Kier molecular flexibility index (Phi) is 2.16. The summed E-state index contributed by atoms with van der Waals surface area (Å²) in [5, 5.41) is 0. The standard InChI is InChI=1S/C12H20O3/c1-6-14-10(13)8-7(11(8,2)3)9-12(4,5)15-9/h7-9H,6H2,1-5H3. The number of carbonyl (C=O) groups excluding carboxylic acids is 1. The Morgan fingerprint density at radius 3 is 2.27 bits per heavy atom. The fourth-order valence-corrected chi connectivity index (χ4v) is 2.72. The van der Waals surface area contributed by atoms with E-state index < -0.39 is 0 Å². The third kappa shape index (κ3) is 1.57. The van der Waals surface area contributed by atoms with Gasteiger partial charge in [0.1, 0.15) is 0 Å². The van der Waals surface area contributed by atoms with Crippen molar-refractivity contribution in [3.05, 3.63) is 0 Å². The fourth-order valence-electron chi connectivity index (χ4n) is 2.72. The number of hydrogen-bond acceptors (Lipinski definition) is 3. The molecule has 3 heteroatoms. The molecule has 3 nitrogen and oxygen atoms in total. The first-order chi connectivity index (χ1) is 6.82. The van der Waals surface area contributed by atoms with E-state index in [9.17, 15) is 4.79 Å². The zero-order valence-electron chi connectivity index (χ0n) is 10.2. The van der Waals surface area contributed by atoms with E-state index in [1.807, 2.05) is 6.92 Å². The van der Waals surface area contributed by atoms with Crippen LogP contribution in [0.2, 0.25) is 0 Å². The van der Waals surface area contributed by atoms with E-state index in [2.05, 4.69) is 27.7 Å². The summed E-state index contributed by atoms with van der Waals surface area (Å²) in [7, 11) is 0. The summed E-state index contributed by atoms with van der Waals surface area (Å²) in [5.74, 6) is 0.314. The molecular weight excluding hydrogens is 192 g/mol. The number of rotatable bonds is 3. The van der Waals surface area contributed by atoms with Crippen LogP contribution in [0, 0.1) is 17.3 Å². The molecule has 0 aromatic carbocycles. The van der Waals surface area contributed by atoms with Gasteiger partial charge in [-0.1, -0.05) is 13.8 Å². The third-order valence-electron chi connectivity index (χ3n) is 3.84. The summed E-state index contributed by atoms with van der Waals surface area (Å²) in [5.41, 5.74) is 0.00781. The van der Waals surface area contributed by atoms with Gasteiger partial charge in [-0.15, -0.1) is 0 Å². The number of esters is 1. The van der Waals surface area contributed by atoms with E-state index in [1.54, 1.807) is 0 Å². The van der Waals surface area contributed by atoms with Crippen LogP contribution < -0.4 is 0 Å². The van der Waals surface area contributed by atoms with Crippen molar-refractivity contribution in [3.63, 3.8) is 0 Å². The lowest BCUT2D eigenvalue weighted by Gasteiger charge is -2.01. The fraction of sp³-hybridized carbons (Fsp3) is 0.917. The quantitative estimate of drug-likeness (QED) is 0.530. The van der Waals surface area contributed by atoms with E-state index in [1.165, 1.54) is 0 Å². The summed E-state index contributed by atoms with van der Waals surface area (Å²) in [6.45, 7) is 10.7. The van der Waals surface area contributed by atoms with Crippen molar-refractivity contribution >= 4 is 5.97 Å². The molecule has 0 bridgehead atoms. The van der Waals surface area contributed by atoms with Crippen LogP contribution in [0.4, 0.5) is 0 Å². The van der Waals surface area contributed by atoms with Crippen LogP contribution in [-0.4, -0.2) is 24.3 Å². The predicted octanol–water partition coefficient (Wildman–Crippen LogP) is 2.00.